The topological polar surface area (TPSA) is 103 Å². The van der Waals surface area contributed by atoms with Gasteiger partial charge in [0.2, 0.25) is 3.78 Å². The van der Waals surface area contributed by atoms with Crippen LogP contribution in [0.1, 0.15) is 29.9 Å². The zero-order valence-corrected chi connectivity index (χ0v) is 17.7. The molecule has 0 N–H and O–H groups in total. The number of imidazole rings is 1. The van der Waals surface area contributed by atoms with Gasteiger partial charge in [-0.2, -0.15) is 0 Å². The monoisotopic (exact) mass is 460 g/mol. The number of halogens is 1. The molecular formula is C16H21BrN4O5S. The normalized spacial score (nSPS) is 21.1. The third-order valence-electron chi connectivity index (χ3n) is 4.42. The first kappa shape index (κ1) is 20.2. The number of ether oxygens (including phenoxy) is 2. The van der Waals surface area contributed by atoms with Crippen molar-refractivity contribution >= 4 is 37.4 Å². The van der Waals surface area contributed by atoms with Crippen LogP contribution in [-0.2, 0) is 23.1 Å². The molecule has 9 nitrogen and oxygen atoms in total. The van der Waals surface area contributed by atoms with E-state index in [2.05, 4.69) is 25.9 Å². The first-order chi connectivity index (χ1) is 12.7. The van der Waals surface area contributed by atoms with E-state index in [0.717, 1.165) is 0 Å². The Morgan fingerprint density at radius 2 is 2.22 bits per heavy atom. The van der Waals surface area contributed by atoms with Crippen LogP contribution >= 0.6 is 15.9 Å². The molecule has 0 unspecified atom stereocenters. The zero-order chi connectivity index (χ0) is 19.8. The summed E-state index contributed by atoms with van der Waals surface area (Å²) in [5.74, 6) is -0.574. The average Bonchev–Trinajstić information content (AvgIpc) is 3.04. The molecule has 0 spiro atoms. The summed E-state index contributed by atoms with van der Waals surface area (Å²) in [7, 11) is -3.62. The fourth-order valence-electron chi connectivity index (χ4n) is 3.14. The molecule has 1 fully saturated rings. The van der Waals surface area contributed by atoms with Crippen molar-refractivity contribution in [1.29, 1.82) is 0 Å². The summed E-state index contributed by atoms with van der Waals surface area (Å²) in [6, 6.07) is -0.124. The summed E-state index contributed by atoms with van der Waals surface area (Å²) >= 11 is 3.48. The number of carbonyl (C=O) groups is 1. The van der Waals surface area contributed by atoms with Gasteiger partial charge in [-0.05, 0) is 29.8 Å². The molecule has 1 aliphatic rings. The Morgan fingerprint density at radius 3 is 2.85 bits per heavy atom. The molecule has 3 rings (SSSR count). The summed E-state index contributed by atoms with van der Waals surface area (Å²) in [5.41, 5.74) is 0.803. The van der Waals surface area contributed by atoms with Crippen molar-refractivity contribution < 1.29 is 22.7 Å². The number of morpholine rings is 1. The van der Waals surface area contributed by atoms with Crippen molar-refractivity contribution in [3.63, 3.8) is 0 Å². The first-order valence-corrected chi connectivity index (χ1v) is 11.1. The molecule has 0 bridgehead atoms. The van der Waals surface area contributed by atoms with Gasteiger partial charge >= 0.3 is 5.97 Å². The number of hydrogen-bond acceptors (Lipinski definition) is 8. The van der Waals surface area contributed by atoms with Crippen LogP contribution in [0.2, 0.25) is 0 Å². The Balaban J connectivity index is 2.11. The predicted octanol–water partition coefficient (Wildman–Crippen LogP) is 1.18. The second kappa shape index (κ2) is 7.46. The molecule has 2 aromatic rings. The third kappa shape index (κ3) is 3.48. The molecule has 0 amide bonds. The largest absolute Gasteiger partial charge is 0.461 e. The average molecular weight is 461 g/mol. The maximum Gasteiger partial charge on any atom is 0.360 e. The van der Waals surface area contributed by atoms with E-state index in [1.807, 2.05) is 11.8 Å². The van der Waals surface area contributed by atoms with E-state index in [4.69, 9.17) is 9.47 Å². The molecule has 1 saturated heterocycles. The van der Waals surface area contributed by atoms with Crippen LogP contribution in [0.5, 0.6) is 0 Å². The molecule has 148 valence electrons. The molecule has 2 aromatic heterocycles. The highest BCUT2D eigenvalue weighted by Gasteiger charge is 2.49. The fraction of sp³-hybridized carbons (Fsp3) is 0.562. The quantitative estimate of drug-likeness (QED) is 0.372. The number of carbonyl (C=O) groups excluding carboxylic acids is 1. The maximum absolute atomic E-state index is 12.8. The lowest BCUT2D eigenvalue weighted by atomic mass is 10.2. The minimum absolute atomic E-state index is 0.0858. The van der Waals surface area contributed by atoms with Crippen LogP contribution in [0.15, 0.2) is 18.7 Å². The number of rotatable bonds is 5. The number of sulfone groups is 1. The van der Waals surface area contributed by atoms with Crippen molar-refractivity contribution in [2.24, 2.45) is 0 Å². The van der Waals surface area contributed by atoms with Crippen molar-refractivity contribution in [2.45, 2.75) is 23.7 Å². The summed E-state index contributed by atoms with van der Waals surface area (Å²) in [4.78, 5) is 22.2. The lowest BCUT2D eigenvalue weighted by Crippen LogP contribution is -2.56. The lowest BCUT2D eigenvalue weighted by Gasteiger charge is -2.44. The van der Waals surface area contributed by atoms with Crippen LogP contribution in [-0.4, -0.2) is 72.3 Å². The Bertz CT molecular complexity index is 963. The molecule has 27 heavy (non-hydrogen) atoms. The van der Waals surface area contributed by atoms with Gasteiger partial charge < -0.3 is 9.47 Å². The minimum Gasteiger partial charge on any atom is -0.461 e. The van der Waals surface area contributed by atoms with Gasteiger partial charge in [-0.3, -0.25) is 9.30 Å². The van der Waals surface area contributed by atoms with E-state index in [0.29, 0.717) is 31.0 Å². The van der Waals surface area contributed by atoms with Gasteiger partial charge in [-0.25, -0.2) is 23.2 Å². The standard InChI is InChI=1S/C16H21BrN4O5S/c1-4-26-15(22)13-14-18-7-12(8-20(14)10-19-13)16(17,27(3,23)24)21-5-6-25-9-11(21)2/h7-8,10-11H,4-6,9H2,1-3H3/t11-,16-/m1/s1. The number of esters is 1. The smallest absolute Gasteiger partial charge is 0.360 e. The highest BCUT2D eigenvalue weighted by atomic mass is 79.9. The fourth-order valence-corrected chi connectivity index (χ4v) is 5.10. The molecule has 0 aromatic carbocycles. The number of aromatic nitrogens is 3. The van der Waals surface area contributed by atoms with Gasteiger partial charge in [0.15, 0.2) is 21.2 Å². The van der Waals surface area contributed by atoms with E-state index in [1.165, 1.54) is 23.2 Å². The van der Waals surface area contributed by atoms with Crippen molar-refractivity contribution in [1.82, 2.24) is 19.3 Å². The van der Waals surface area contributed by atoms with Crippen LogP contribution in [0.4, 0.5) is 0 Å². The Hall–Kier alpha value is -1.56. The predicted molar refractivity (Wildman–Crippen MR) is 101 cm³/mol. The second-order valence-electron chi connectivity index (χ2n) is 6.34. The van der Waals surface area contributed by atoms with E-state index in [1.54, 1.807) is 13.1 Å². The summed E-state index contributed by atoms with van der Waals surface area (Å²) in [6.45, 7) is 5.13. The lowest BCUT2D eigenvalue weighted by molar-refractivity contribution is -0.0134. The van der Waals surface area contributed by atoms with E-state index >= 15 is 0 Å². The van der Waals surface area contributed by atoms with E-state index in [9.17, 15) is 13.2 Å². The maximum atomic E-state index is 12.8. The number of alkyl halides is 1. The molecule has 0 saturated carbocycles. The second-order valence-corrected chi connectivity index (χ2v) is 10.1. The van der Waals surface area contributed by atoms with Gasteiger partial charge in [-0.15, -0.1) is 0 Å². The molecular weight excluding hydrogens is 440 g/mol. The highest BCUT2D eigenvalue weighted by molar-refractivity contribution is 9.11. The van der Waals surface area contributed by atoms with Crippen LogP contribution in [0, 0.1) is 0 Å². The van der Waals surface area contributed by atoms with E-state index < -0.39 is 19.6 Å². The third-order valence-corrected chi connectivity index (χ3v) is 8.56. The SMILES string of the molecule is CCOC(=O)c1ncn2cc([C@@](Br)(N3CCOC[C@H]3C)S(C)(=O)=O)cnc12. The summed E-state index contributed by atoms with van der Waals surface area (Å²) in [5, 5.41) is 0. The van der Waals surface area contributed by atoms with Gasteiger partial charge in [-0.1, -0.05) is 0 Å². The molecule has 0 aliphatic carbocycles. The van der Waals surface area contributed by atoms with Crippen LogP contribution in [0.25, 0.3) is 5.65 Å². The van der Waals surface area contributed by atoms with E-state index in [-0.39, 0.29) is 18.3 Å². The van der Waals surface area contributed by atoms with Crippen molar-refractivity contribution in [3.8, 4) is 0 Å². The number of hydrogen-bond donors (Lipinski definition) is 0. The Morgan fingerprint density at radius 1 is 1.48 bits per heavy atom. The number of fused-ring (bicyclic) bond motifs is 1. The van der Waals surface area contributed by atoms with Gasteiger partial charge in [0.25, 0.3) is 0 Å². The Kier molecular flexibility index (Phi) is 5.57. The zero-order valence-electron chi connectivity index (χ0n) is 15.3. The minimum atomic E-state index is -3.62. The molecule has 0 radical (unpaired) electrons. The van der Waals surface area contributed by atoms with Crippen LogP contribution in [0.3, 0.4) is 0 Å². The summed E-state index contributed by atoms with van der Waals surface area (Å²) in [6.07, 6.45) is 5.64. The van der Waals surface area contributed by atoms with Gasteiger partial charge in [0.05, 0.1) is 19.8 Å². The molecule has 3 heterocycles. The number of nitrogens with zero attached hydrogens (tertiary/aromatic N) is 4. The van der Waals surface area contributed by atoms with Crippen molar-refractivity contribution in [3.05, 3.63) is 30.0 Å². The summed E-state index contributed by atoms with van der Waals surface area (Å²) < 4.78 is 36.0. The van der Waals surface area contributed by atoms with Gasteiger partial charge in [0, 0.05) is 36.8 Å². The molecule has 11 heteroatoms. The van der Waals surface area contributed by atoms with Crippen LogP contribution < -0.4 is 0 Å². The molecule has 2 atom stereocenters. The van der Waals surface area contributed by atoms with Crippen molar-refractivity contribution in [2.75, 3.05) is 32.6 Å². The van der Waals surface area contributed by atoms with Gasteiger partial charge in [0.1, 0.15) is 6.33 Å². The highest BCUT2D eigenvalue weighted by Crippen LogP contribution is 2.42. The molecule has 1 aliphatic heterocycles. The first-order valence-electron chi connectivity index (χ1n) is 8.43. The Labute approximate surface area is 165 Å².